The molecule has 0 amide bonds. The van der Waals surface area contributed by atoms with Crippen molar-refractivity contribution in [2.45, 2.75) is 6.42 Å². The Balaban J connectivity index is 3.38. The van der Waals surface area contributed by atoms with Crippen LogP contribution in [0.4, 0.5) is 5.69 Å². The maximum Gasteiger partial charge on any atom is 0.326 e. The van der Waals surface area contributed by atoms with Gasteiger partial charge in [0.25, 0.3) is 5.56 Å². The summed E-state index contributed by atoms with van der Waals surface area (Å²) in [6.07, 6.45) is 0.236. The molecular formula is C6H8N4O3. The van der Waals surface area contributed by atoms with Crippen molar-refractivity contribution in [2.75, 3.05) is 6.54 Å². The van der Waals surface area contributed by atoms with E-state index in [9.17, 15) is 14.5 Å². The fraction of sp³-hybridized carbons (Fsp3) is 0.333. The average molecular weight is 184 g/mol. The van der Waals surface area contributed by atoms with Gasteiger partial charge in [0.2, 0.25) is 0 Å². The van der Waals surface area contributed by atoms with Crippen molar-refractivity contribution in [3.63, 3.8) is 0 Å². The Morgan fingerprint density at radius 2 is 2.00 bits per heavy atom. The number of H-pyrrole nitrogens is 2. The van der Waals surface area contributed by atoms with Gasteiger partial charge in [-0.1, -0.05) is 0 Å². The summed E-state index contributed by atoms with van der Waals surface area (Å²) in [5, 5.41) is 2.51. The van der Waals surface area contributed by atoms with E-state index >= 15 is 0 Å². The molecular weight excluding hydrogens is 176 g/mol. The molecule has 0 saturated heterocycles. The standard InChI is InChI=1S/C6H8N4O3/c7-2-1-3-4(10-13)5(11)9-6(12)8-3/h1-2,7H2,(H2,8,9,11,12). The van der Waals surface area contributed by atoms with Crippen LogP contribution < -0.4 is 17.0 Å². The van der Waals surface area contributed by atoms with Crippen LogP contribution in [-0.4, -0.2) is 16.5 Å². The third-order valence-electron chi connectivity index (χ3n) is 1.48. The monoisotopic (exact) mass is 184 g/mol. The first kappa shape index (κ1) is 9.33. The van der Waals surface area contributed by atoms with Gasteiger partial charge in [-0.25, -0.2) is 4.79 Å². The summed E-state index contributed by atoms with van der Waals surface area (Å²) < 4.78 is 0. The van der Waals surface area contributed by atoms with E-state index in [1.165, 1.54) is 0 Å². The molecule has 1 aromatic heterocycles. The fourth-order valence-electron chi connectivity index (χ4n) is 0.949. The molecule has 0 unspecified atom stereocenters. The highest BCUT2D eigenvalue weighted by atomic mass is 16.3. The maximum absolute atomic E-state index is 11.0. The minimum atomic E-state index is -0.790. The molecule has 13 heavy (non-hydrogen) atoms. The predicted molar refractivity (Wildman–Crippen MR) is 45.9 cm³/mol. The lowest BCUT2D eigenvalue weighted by molar-refractivity contribution is 0.879. The molecule has 0 bridgehead atoms. The fourth-order valence-corrected chi connectivity index (χ4v) is 0.949. The molecule has 0 fully saturated rings. The van der Waals surface area contributed by atoms with Crippen molar-refractivity contribution in [1.82, 2.24) is 9.97 Å². The molecule has 1 heterocycles. The van der Waals surface area contributed by atoms with E-state index in [1.54, 1.807) is 0 Å². The van der Waals surface area contributed by atoms with Crippen molar-refractivity contribution in [2.24, 2.45) is 10.9 Å². The van der Waals surface area contributed by atoms with Gasteiger partial charge in [0.15, 0.2) is 5.69 Å². The first-order valence-electron chi connectivity index (χ1n) is 3.58. The molecule has 0 radical (unpaired) electrons. The van der Waals surface area contributed by atoms with E-state index < -0.39 is 11.2 Å². The van der Waals surface area contributed by atoms with Gasteiger partial charge in [0.05, 0.1) is 5.69 Å². The smallest absolute Gasteiger partial charge is 0.326 e. The largest absolute Gasteiger partial charge is 0.330 e. The van der Waals surface area contributed by atoms with Gasteiger partial charge in [-0.3, -0.25) is 9.78 Å². The van der Waals surface area contributed by atoms with Gasteiger partial charge in [-0.2, -0.15) is 0 Å². The van der Waals surface area contributed by atoms with E-state index in [-0.39, 0.29) is 24.3 Å². The SMILES string of the molecule is NCCc1[nH]c(=O)[nH]c(=O)c1N=O. The molecule has 70 valence electrons. The molecule has 0 aliphatic carbocycles. The number of nitroso groups, excluding NO2 is 1. The van der Waals surface area contributed by atoms with E-state index in [0.717, 1.165) is 0 Å². The first-order chi connectivity index (χ1) is 6.19. The average Bonchev–Trinajstić information content (AvgIpc) is 2.04. The highest BCUT2D eigenvalue weighted by Crippen LogP contribution is 2.07. The molecule has 0 aliphatic heterocycles. The van der Waals surface area contributed by atoms with Crippen molar-refractivity contribution in [1.29, 1.82) is 0 Å². The Hall–Kier alpha value is -1.76. The summed E-state index contributed by atoms with van der Waals surface area (Å²) in [4.78, 5) is 36.1. The Morgan fingerprint density at radius 3 is 2.54 bits per heavy atom. The third-order valence-corrected chi connectivity index (χ3v) is 1.48. The number of aromatic nitrogens is 2. The minimum absolute atomic E-state index is 0.172. The summed E-state index contributed by atoms with van der Waals surface area (Å²) in [6, 6.07) is 0. The molecule has 4 N–H and O–H groups in total. The summed E-state index contributed by atoms with van der Waals surface area (Å²) in [5.41, 5.74) is 3.61. The molecule has 0 aliphatic rings. The van der Waals surface area contributed by atoms with Gasteiger partial charge < -0.3 is 10.7 Å². The second-order valence-corrected chi connectivity index (χ2v) is 2.37. The number of nitrogens with one attached hydrogen (secondary N) is 2. The second kappa shape index (κ2) is 3.76. The van der Waals surface area contributed by atoms with Crippen LogP contribution in [0, 0.1) is 4.91 Å². The Morgan fingerprint density at radius 1 is 1.31 bits per heavy atom. The lowest BCUT2D eigenvalue weighted by atomic mass is 10.2. The predicted octanol–water partition coefficient (Wildman–Crippen LogP) is -1.04. The van der Waals surface area contributed by atoms with E-state index in [2.05, 4.69) is 10.2 Å². The first-order valence-corrected chi connectivity index (χ1v) is 3.58. The number of hydrogen-bond donors (Lipinski definition) is 3. The van der Waals surface area contributed by atoms with E-state index in [1.807, 2.05) is 4.98 Å². The molecule has 0 spiro atoms. The van der Waals surface area contributed by atoms with Crippen LogP contribution >= 0.6 is 0 Å². The number of rotatable bonds is 3. The third kappa shape index (κ3) is 1.88. The number of nitrogens with two attached hydrogens (primary N) is 1. The lowest BCUT2D eigenvalue weighted by Crippen LogP contribution is -2.24. The van der Waals surface area contributed by atoms with Crippen LogP contribution in [0.2, 0.25) is 0 Å². The van der Waals surface area contributed by atoms with Crippen LogP contribution in [0.1, 0.15) is 5.69 Å². The summed E-state index contributed by atoms with van der Waals surface area (Å²) in [6.45, 7) is 0.224. The molecule has 0 saturated carbocycles. The van der Waals surface area contributed by atoms with Crippen molar-refractivity contribution in [3.8, 4) is 0 Å². The van der Waals surface area contributed by atoms with Crippen LogP contribution in [0.15, 0.2) is 14.8 Å². The number of aromatic amines is 2. The van der Waals surface area contributed by atoms with Crippen LogP contribution in [-0.2, 0) is 6.42 Å². The zero-order chi connectivity index (χ0) is 9.84. The highest BCUT2D eigenvalue weighted by Gasteiger charge is 2.08. The molecule has 7 heteroatoms. The van der Waals surface area contributed by atoms with Gasteiger partial charge in [-0.15, -0.1) is 4.91 Å². The normalized spacial score (nSPS) is 9.92. The Bertz CT molecular complexity index is 419. The summed E-state index contributed by atoms with van der Waals surface area (Å²) in [7, 11) is 0. The van der Waals surface area contributed by atoms with Crippen LogP contribution in [0.25, 0.3) is 0 Å². The Labute approximate surface area is 72.0 Å². The van der Waals surface area contributed by atoms with Crippen LogP contribution in [0.3, 0.4) is 0 Å². The van der Waals surface area contributed by atoms with Gasteiger partial charge in [0, 0.05) is 6.42 Å². The van der Waals surface area contributed by atoms with Crippen molar-refractivity contribution in [3.05, 3.63) is 31.4 Å². The number of hydrogen-bond acceptors (Lipinski definition) is 5. The number of nitrogens with zero attached hydrogens (tertiary/aromatic N) is 1. The zero-order valence-electron chi connectivity index (χ0n) is 6.66. The topological polar surface area (TPSA) is 121 Å². The summed E-state index contributed by atoms with van der Waals surface area (Å²) >= 11 is 0. The van der Waals surface area contributed by atoms with Gasteiger partial charge in [-0.05, 0) is 11.7 Å². The molecule has 0 atom stereocenters. The van der Waals surface area contributed by atoms with Gasteiger partial charge >= 0.3 is 5.69 Å². The summed E-state index contributed by atoms with van der Waals surface area (Å²) in [5.74, 6) is 0. The molecule has 7 nitrogen and oxygen atoms in total. The zero-order valence-corrected chi connectivity index (χ0v) is 6.66. The second-order valence-electron chi connectivity index (χ2n) is 2.37. The van der Waals surface area contributed by atoms with E-state index in [4.69, 9.17) is 5.73 Å². The van der Waals surface area contributed by atoms with Crippen LogP contribution in [0.5, 0.6) is 0 Å². The molecule has 1 rings (SSSR count). The highest BCUT2D eigenvalue weighted by molar-refractivity contribution is 5.38. The van der Waals surface area contributed by atoms with Crippen molar-refractivity contribution >= 4 is 5.69 Å². The maximum atomic E-state index is 11.0. The molecule has 0 aromatic carbocycles. The molecule has 1 aromatic rings. The Kier molecular flexibility index (Phi) is 2.70. The lowest BCUT2D eigenvalue weighted by Gasteiger charge is -1.98. The van der Waals surface area contributed by atoms with Gasteiger partial charge in [0.1, 0.15) is 0 Å². The quantitative estimate of drug-likeness (QED) is 0.519. The van der Waals surface area contributed by atoms with E-state index in [0.29, 0.717) is 0 Å². The van der Waals surface area contributed by atoms with Crippen molar-refractivity contribution < 1.29 is 0 Å². The minimum Gasteiger partial charge on any atom is -0.330 e.